The minimum atomic E-state index is -0.363. The highest BCUT2D eigenvalue weighted by Crippen LogP contribution is 2.27. The van der Waals surface area contributed by atoms with Crippen molar-refractivity contribution in [3.63, 3.8) is 0 Å². The zero-order valence-corrected chi connectivity index (χ0v) is 16.6. The SMILES string of the molecule is Cc1ccc(N2CC(C(=O)NCc3cc(-c4cccs4)on3)CC2=O)cc1C. The first kappa shape index (κ1) is 18.4. The highest BCUT2D eigenvalue weighted by Gasteiger charge is 2.35. The van der Waals surface area contributed by atoms with Crippen LogP contribution in [0.25, 0.3) is 10.6 Å². The summed E-state index contributed by atoms with van der Waals surface area (Å²) in [5.41, 5.74) is 3.82. The second kappa shape index (κ2) is 7.59. The van der Waals surface area contributed by atoms with Gasteiger partial charge in [0.15, 0.2) is 5.76 Å². The largest absolute Gasteiger partial charge is 0.355 e. The number of amides is 2. The van der Waals surface area contributed by atoms with Gasteiger partial charge in [-0.3, -0.25) is 9.59 Å². The Hall–Kier alpha value is -2.93. The average molecular weight is 395 g/mol. The van der Waals surface area contributed by atoms with Crippen LogP contribution in [0.2, 0.25) is 0 Å². The van der Waals surface area contributed by atoms with E-state index < -0.39 is 0 Å². The Kier molecular flexibility index (Phi) is 5.00. The lowest BCUT2D eigenvalue weighted by molar-refractivity contribution is -0.126. The second-order valence-corrected chi connectivity index (χ2v) is 8.00. The Morgan fingerprint density at radius 3 is 2.89 bits per heavy atom. The fourth-order valence-corrected chi connectivity index (χ4v) is 3.95. The number of aryl methyl sites for hydroxylation is 2. The van der Waals surface area contributed by atoms with Gasteiger partial charge in [-0.05, 0) is 48.6 Å². The number of nitrogens with one attached hydrogen (secondary N) is 1. The van der Waals surface area contributed by atoms with Crippen molar-refractivity contribution in [2.24, 2.45) is 5.92 Å². The summed E-state index contributed by atoms with van der Waals surface area (Å²) in [6, 6.07) is 11.7. The molecule has 3 aromatic rings. The molecule has 1 aliphatic heterocycles. The maximum Gasteiger partial charge on any atom is 0.227 e. The monoisotopic (exact) mass is 395 g/mol. The second-order valence-electron chi connectivity index (χ2n) is 7.05. The van der Waals surface area contributed by atoms with Crippen LogP contribution in [-0.2, 0) is 16.1 Å². The number of hydrogen-bond donors (Lipinski definition) is 1. The number of anilines is 1. The summed E-state index contributed by atoms with van der Waals surface area (Å²) in [5.74, 6) is 0.166. The first-order valence-electron chi connectivity index (χ1n) is 9.16. The Morgan fingerprint density at radius 2 is 2.14 bits per heavy atom. The molecule has 7 heteroatoms. The molecule has 0 saturated carbocycles. The maximum atomic E-state index is 12.6. The number of thiophene rings is 1. The molecule has 144 valence electrons. The van der Waals surface area contributed by atoms with Gasteiger partial charge in [0.05, 0.1) is 17.3 Å². The van der Waals surface area contributed by atoms with E-state index in [1.807, 2.05) is 55.6 Å². The molecule has 1 saturated heterocycles. The molecule has 0 spiro atoms. The molecule has 1 fully saturated rings. The minimum absolute atomic E-state index is 0.0233. The molecule has 1 atom stereocenters. The lowest BCUT2D eigenvalue weighted by atomic mass is 10.1. The van der Waals surface area contributed by atoms with Gasteiger partial charge < -0.3 is 14.7 Å². The zero-order valence-electron chi connectivity index (χ0n) is 15.8. The van der Waals surface area contributed by atoms with E-state index in [1.54, 1.807) is 16.2 Å². The molecule has 4 rings (SSSR count). The van der Waals surface area contributed by atoms with Crippen LogP contribution in [0.3, 0.4) is 0 Å². The summed E-state index contributed by atoms with van der Waals surface area (Å²) in [5, 5.41) is 8.85. The van der Waals surface area contributed by atoms with Crippen LogP contribution in [0.15, 0.2) is 46.3 Å². The van der Waals surface area contributed by atoms with E-state index in [-0.39, 0.29) is 30.7 Å². The zero-order chi connectivity index (χ0) is 19.7. The van der Waals surface area contributed by atoms with Crippen molar-refractivity contribution in [2.45, 2.75) is 26.8 Å². The number of hydrogen-bond acceptors (Lipinski definition) is 5. The highest BCUT2D eigenvalue weighted by atomic mass is 32.1. The molecule has 1 aliphatic rings. The van der Waals surface area contributed by atoms with E-state index in [1.165, 1.54) is 5.56 Å². The van der Waals surface area contributed by atoms with Gasteiger partial charge in [-0.15, -0.1) is 11.3 Å². The standard InChI is InChI=1S/C21H21N3O3S/c1-13-5-6-17(8-14(13)2)24-12-15(9-20(24)25)21(26)22-11-16-10-18(27-23-16)19-4-3-7-28-19/h3-8,10,15H,9,11-12H2,1-2H3,(H,22,26). The third-order valence-corrected chi connectivity index (χ3v) is 5.95. The predicted molar refractivity (Wildman–Crippen MR) is 108 cm³/mol. The van der Waals surface area contributed by atoms with Crippen LogP contribution in [-0.4, -0.2) is 23.5 Å². The summed E-state index contributed by atoms with van der Waals surface area (Å²) in [6.07, 6.45) is 0.220. The van der Waals surface area contributed by atoms with Crippen molar-refractivity contribution >= 4 is 28.8 Å². The predicted octanol–water partition coefficient (Wildman–Crippen LogP) is 3.69. The number of nitrogens with zero attached hydrogens (tertiary/aromatic N) is 2. The quantitative estimate of drug-likeness (QED) is 0.715. The third kappa shape index (κ3) is 3.71. The van der Waals surface area contributed by atoms with E-state index >= 15 is 0 Å². The van der Waals surface area contributed by atoms with Gasteiger partial charge in [0.2, 0.25) is 11.8 Å². The molecule has 1 aromatic carbocycles. The molecule has 0 radical (unpaired) electrons. The maximum absolute atomic E-state index is 12.6. The molecule has 3 heterocycles. The highest BCUT2D eigenvalue weighted by molar-refractivity contribution is 7.13. The van der Waals surface area contributed by atoms with E-state index in [4.69, 9.17) is 4.52 Å². The molecular formula is C21H21N3O3S. The van der Waals surface area contributed by atoms with Crippen molar-refractivity contribution < 1.29 is 14.1 Å². The van der Waals surface area contributed by atoms with Crippen LogP contribution < -0.4 is 10.2 Å². The molecular weight excluding hydrogens is 374 g/mol. The molecule has 6 nitrogen and oxygen atoms in total. The molecule has 2 aromatic heterocycles. The van der Waals surface area contributed by atoms with E-state index in [9.17, 15) is 9.59 Å². The van der Waals surface area contributed by atoms with Gasteiger partial charge in [-0.25, -0.2) is 0 Å². The van der Waals surface area contributed by atoms with E-state index in [0.29, 0.717) is 18.0 Å². The Bertz CT molecular complexity index is 1010. The first-order chi connectivity index (χ1) is 13.5. The Morgan fingerprint density at radius 1 is 1.29 bits per heavy atom. The van der Waals surface area contributed by atoms with Crippen molar-refractivity contribution in [1.29, 1.82) is 0 Å². The number of aromatic nitrogens is 1. The van der Waals surface area contributed by atoms with Gasteiger partial charge in [0.25, 0.3) is 0 Å². The number of benzene rings is 1. The average Bonchev–Trinajstić information content (AvgIpc) is 3.42. The molecule has 0 aliphatic carbocycles. The lowest BCUT2D eigenvalue weighted by Gasteiger charge is -2.18. The van der Waals surface area contributed by atoms with Crippen molar-refractivity contribution in [3.05, 3.63) is 58.6 Å². The van der Waals surface area contributed by atoms with E-state index in [2.05, 4.69) is 10.5 Å². The van der Waals surface area contributed by atoms with Crippen molar-refractivity contribution in [1.82, 2.24) is 10.5 Å². The number of carbonyl (C=O) groups excluding carboxylic acids is 2. The van der Waals surface area contributed by atoms with Crippen LogP contribution in [0.4, 0.5) is 5.69 Å². The van der Waals surface area contributed by atoms with Gasteiger partial charge in [-0.1, -0.05) is 17.3 Å². The fourth-order valence-electron chi connectivity index (χ4n) is 3.28. The van der Waals surface area contributed by atoms with E-state index in [0.717, 1.165) is 16.1 Å². The minimum Gasteiger partial charge on any atom is -0.355 e. The summed E-state index contributed by atoms with van der Waals surface area (Å²) in [7, 11) is 0. The number of carbonyl (C=O) groups is 2. The van der Waals surface area contributed by atoms with Gasteiger partial charge in [0, 0.05) is 24.7 Å². The van der Waals surface area contributed by atoms with Crippen molar-refractivity contribution in [2.75, 3.05) is 11.4 Å². The molecule has 2 amide bonds. The molecule has 0 bridgehead atoms. The topological polar surface area (TPSA) is 75.4 Å². The van der Waals surface area contributed by atoms with Gasteiger partial charge >= 0.3 is 0 Å². The number of rotatable bonds is 5. The van der Waals surface area contributed by atoms with Crippen LogP contribution in [0, 0.1) is 19.8 Å². The van der Waals surface area contributed by atoms with Crippen LogP contribution >= 0.6 is 11.3 Å². The Balaban J connectivity index is 1.36. The van der Waals surface area contributed by atoms with Crippen LogP contribution in [0.5, 0.6) is 0 Å². The summed E-state index contributed by atoms with van der Waals surface area (Å²) in [6.45, 7) is 4.73. The van der Waals surface area contributed by atoms with Crippen LogP contribution in [0.1, 0.15) is 23.2 Å². The first-order valence-corrected chi connectivity index (χ1v) is 10.0. The smallest absolute Gasteiger partial charge is 0.227 e. The fraction of sp³-hybridized carbons (Fsp3) is 0.286. The third-order valence-electron chi connectivity index (χ3n) is 5.06. The lowest BCUT2D eigenvalue weighted by Crippen LogP contribution is -2.32. The summed E-state index contributed by atoms with van der Waals surface area (Å²) >= 11 is 1.57. The molecule has 28 heavy (non-hydrogen) atoms. The molecule has 1 unspecified atom stereocenters. The summed E-state index contributed by atoms with van der Waals surface area (Å²) in [4.78, 5) is 27.7. The van der Waals surface area contributed by atoms with Gasteiger partial charge in [-0.2, -0.15) is 0 Å². The Labute approximate surface area is 167 Å². The van der Waals surface area contributed by atoms with Gasteiger partial charge in [0.1, 0.15) is 5.69 Å². The summed E-state index contributed by atoms with van der Waals surface area (Å²) < 4.78 is 5.33. The molecule has 1 N–H and O–H groups in total. The van der Waals surface area contributed by atoms with Crippen molar-refractivity contribution in [3.8, 4) is 10.6 Å². The normalized spacial score (nSPS) is 16.6.